The molecule has 0 fully saturated rings. The van der Waals surface area contributed by atoms with Crippen molar-refractivity contribution in [1.29, 1.82) is 5.26 Å². The van der Waals surface area contributed by atoms with Gasteiger partial charge >= 0.3 is 0 Å². The van der Waals surface area contributed by atoms with Crippen LogP contribution in [0.4, 0.5) is 5.69 Å². The van der Waals surface area contributed by atoms with Crippen LogP contribution in [0.25, 0.3) is 0 Å². The van der Waals surface area contributed by atoms with Gasteiger partial charge in [-0.05, 0) is 18.6 Å². The molecule has 1 unspecified atom stereocenters. The number of halogens is 1. The number of hydrogen-bond acceptors (Lipinski definition) is 4. The molecule has 5 nitrogen and oxygen atoms in total. The largest absolute Gasteiger partial charge is 0.497 e. The summed E-state index contributed by atoms with van der Waals surface area (Å²) in [5, 5.41) is 7.72. The molecule has 0 heterocycles. The monoisotopic (exact) mass is 332 g/mol. The lowest BCUT2D eigenvalue weighted by molar-refractivity contribution is 0.415. The highest BCUT2D eigenvalue weighted by Crippen LogP contribution is 2.25. The van der Waals surface area contributed by atoms with Crippen molar-refractivity contribution >= 4 is 31.6 Å². The lowest BCUT2D eigenvalue weighted by atomic mass is 10.3. The van der Waals surface area contributed by atoms with Crippen LogP contribution in [0.1, 0.15) is 13.3 Å². The minimum absolute atomic E-state index is 0.233. The molecule has 1 aromatic rings. The van der Waals surface area contributed by atoms with Crippen molar-refractivity contribution < 1.29 is 13.2 Å². The van der Waals surface area contributed by atoms with E-state index in [1.165, 1.54) is 7.11 Å². The summed E-state index contributed by atoms with van der Waals surface area (Å²) in [6.45, 7) is 1.65. The van der Waals surface area contributed by atoms with Crippen LogP contribution in [-0.2, 0) is 10.0 Å². The Hall–Kier alpha value is -1.26. The summed E-state index contributed by atoms with van der Waals surface area (Å²) in [6, 6.07) is 6.62. The maximum Gasteiger partial charge on any atom is 0.249 e. The van der Waals surface area contributed by atoms with Crippen molar-refractivity contribution in [3.63, 3.8) is 0 Å². The number of rotatable bonds is 5. The Morgan fingerprint density at radius 2 is 2.17 bits per heavy atom. The Kier molecular flexibility index (Phi) is 4.99. The molecule has 0 aliphatic carbocycles. The number of nitrogens with zero attached hydrogens (tertiary/aromatic N) is 1. The topological polar surface area (TPSA) is 79.2 Å². The van der Waals surface area contributed by atoms with E-state index < -0.39 is 15.3 Å². The first-order chi connectivity index (χ1) is 8.42. The molecular weight excluding hydrogens is 320 g/mol. The van der Waals surface area contributed by atoms with Crippen LogP contribution >= 0.6 is 15.9 Å². The molecule has 0 aromatic heterocycles. The van der Waals surface area contributed by atoms with E-state index in [-0.39, 0.29) is 6.42 Å². The van der Waals surface area contributed by atoms with E-state index in [1.54, 1.807) is 31.2 Å². The van der Waals surface area contributed by atoms with Crippen LogP contribution in [-0.4, -0.2) is 20.8 Å². The highest BCUT2D eigenvalue weighted by atomic mass is 79.9. The molecule has 7 heteroatoms. The lowest BCUT2D eigenvalue weighted by Gasteiger charge is -2.12. The minimum atomic E-state index is -3.70. The third-order valence-electron chi connectivity index (χ3n) is 2.26. The number of benzene rings is 1. The second kappa shape index (κ2) is 6.07. The predicted octanol–water partition coefficient (Wildman–Crippen LogP) is 2.50. The molecule has 0 spiro atoms. The highest BCUT2D eigenvalue weighted by Gasteiger charge is 2.23. The third kappa shape index (κ3) is 3.62. The predicted molar refractivity (Wildman–Crippen MR) is 72.9 cm³/mol. The van der Waals surface area contributed by atoms with Gasteiger partial charge in [0.2, 0.25) is 10.0 Å². The van der Waals surface area contributed by atoms with E-state index >= 15 is 0 Å². The molecule has 0 saturated carbocycles. The van der Waals surface area contributed by atoms with Crippen molar-refractivity contribution in [1.82, 2.24) is 0 Å². The quantitative estimate of drug-likeness (QED) is 0.898. The van der Waals surface area contributed by atoms with Crippen molar-refractivity contribution in [3.8, 4) is 11.8 Å². The SMILES string of the molecule is CCC(C#N)S(=O)(=O)Nc1cc(Br)cc(OC)c1. The maximum absolute atomic E-state index is 11.9. The summed E-state index contributed by atoms with van der Waals surface area (Å²) in [7, 11) is -2.21. The molecule has 0 bridgehead atoms. The molecule has 18 heavy (non-hydrogen) atoms. The Labute approximate surface area is 115 Å². The minimum Gasteiger partial charge on any atom is -0.497 e. The van der Waals surface area contributed by atoms with E-state index in [4.69, 9.17) is 10.00 Å². The van der Waals surface area contributed by atoms with E-state index in [0.717, 1.165) is 0 Å². The van der Waals surface area contributed by atoms with Gasteiger partial charge in [0, 0.05) is 10.5 Å². The van der Waals surface area contributed by atoms with E-state index in [9.17, 15) is 8.42 Å². The van der Waals surface area contributed by atoms with E-state index in [1.807, 2.05) is 0 Å². The van der Waals surface area contributed by atoms with E-state index in [0.29, 0.717) is 15.9 Å². The Morgan fingerprint density at radius 3 is 2.67 bits per heavy atom. The molecule has 0 saturated heterocycles. The van der Waals surface area contributed by atoms with Gasteiger partial charge in [-0.2, -0.15) is 5.26 Å². The molecule has 0 aliphatic heterocycles. The van der Waals surface area contributed by atoms with Gasteiger partial charge in [-0.1, -0.05) is 22.9 Å². The van der Waals surface area contributed by atoms with Gasteiger partial charge in [0.25, 0.3) is 0 Å². The van der Waals surface area contributed by atoms with Gasteiger partial charge in [-0.15, -0.1) is 0 Å². The summed E-state index contributed by atoms with van der Waals surface area (Å²) in [5.74, 6) is 0.520. The van der Waals surface area contributed by atoms with Gasteiger partial charge < -0.3 is 4.74 Å². The summed E-state index contributed by atoms with van der Waals surface area (Å²) >= 11 is 3.25. The van der Waals surface area contributed by atoms with Crippen LogP contribution in [0.2, 0.25) is 0 Å². The summed E-state index contributed by atoms with van der Waals surface area (Å²) < 4.78 is 31.9. The van der Waals surface area contributed by atoms with Crippen molar-refractivity contribution in [2.45, 2.75) is 18.6 Å². The van der Waals surface area contributed by atoms with Gasteiger partial charge in [0.1, 0.15) is 5.75 Å². The van der Waals surface area contributed by atoms with Gasteiger partial charge in [0.05, 0.1) is 18.9 Å². The van der Waals surface area contributed by atoms with Crippen LogP contribution in [0.15, 0.2) is 22.7 Å². The summed E-state index contributed by atoms with van der Waals surface area (Å²) in [4.78, 5) is 0. The van der Waals surface area contributed by atoms with Crippen molar-refractivity contribution in [2.75, 3.05) is 11.8 Å². The molecule has 1 atom stereocenters. The van der Waals surface area contributed by atoms with E-state index in [2.05, 4.69) is 20.7 Å². The number of nitrogens with one attached hydrogen (secondary N) is 1. The molecule has 0 radical (unpaired) electrons. The lowest BCUT2D eigenvalue weighted by Crippen LogP contribution is -2.25. The fourth-order valence-electron chi connectivity index (χ4n) is 1.35. The zero-order chi connectivity index (χ0) is 13.8. The van der Waals surface area contributed by atoms with Crippen LogP contribution < -0.4 is 9.46 Å². The maximum atomic E-state index is 11.9. The zero-order valence-electron chi connectivity index (χ0n) is 9.97. The zero-order valence-corrected chi connectivity index (χ0v) is 12.4. The first-order valence-corrected chi connectivity index (χ1v) is 7.52. The second-order valence-corrected chi connectivity index (χ2v) is 6.33. The Balaban J connectivity index is 3.05. The average molecular weight is 333 g/mol. The number of hydrogen-bond donors (Lipinski definition) is 1. The number of ether oxygens (including phenoxy) is 1. The fourth-order valence-corrected chi connectivity index (χ4v) is 2.99. The van der Waals surface area contributed by atoms with Gasteiger partial charge in [0.15, 0.2) is 5.25 Å². The van der Waals surface area contributed by atoms with Gasteiger partial charge in [-0.3, -0.25) is 4.72 Å². The number of nitriles is 1. The number of anilines is 1. The second-order valence-electron chi connectivity index (χ2n) is 3.55. The van der Waals surface area contributed by atoms with Crippen LogP contribution in [0, 0.1) is 11.3 Å². The Bertz CT molecular complexity index is 566. The standard InChI is InChI=1S/C11H13BrN2O3S/c1-3-11(7-13)18(15,16)14-9-4-8(12)5-10(6-9)17-2/h4-6,11,14H,3H2,1-2H3. The molecule has 1 N–H and O–H groups in total. The van der Waals surface area contributed by atoms with Crippen molar-refractivity contribution in [2.24, 2.45) is 0 Å². The Morgan fingerprint density at radius 1 is 1.50 bits per heavy atom. The summed E-state index contributed by atoms with van der Waals surface area (Å²) in [5.41, 5.74) is 0.356. The molecule has 0 aliphatic rings. The molecule has 98 valence electrons. The molecule has 1 aromatic carbocycles. The molecular formula is C11H13BrN2O3S. The molecule has 0 amide bonds. The number of methoxy groups -OCH3 is 1. The first-order valence-electron chi connectivity index (χ1n) is 5.18. The first kappa shape index (κ1) is 14.8. The highest BCUT2D eigenvalue weighted by molar-refractivity contribution is 9.10. The van der Waals surface area contributed by atoms with Gasteiger partial charge in [-0.25, -0.2) is 8.42 Å². The summed E-state index contributed by atoms with van der Waals surface area (Å²) in [6.07, 6.45) is 0.233. The van der Waals surface area contributed by atoms with Crippen LogP contribution in [0.5, 0.6) is 5.75 Å². The normalized spacial score (nSPS) is 12.6. The molecule has 1 rings (SSSR count). The third-order valence-corrected chi connectivity index (χ3v) is 4.42. The van der Waals surface area contributed by atoms with Crippen molar-refractivity contribution in [3.05, 3.63) is 22.7 Å². The van der Waals surface area contributed by atoms with Crippen LogP contribution in [0.3, 0.4) is 0 Å². The smallest absolute Gasteiger partial charge is 0.249 e. The fraction of sp³-hybridized carbons (Fsp3) is 0.364. The number of sulfonamides is 1. The average Bonchev–Trinajstić information content (AvgIpc) is 2.28.